The smallest absolute Gasteiger partial charge is 0.323 e. The van der Waals surface area contributed by atoms with Crippen LogP contribution in [0.15, 0.2) is 30.5 Å². The van der Waals surface area contributed by atoms with Crippen LogP contribution in [-0.4, -0.2) is 53.5 Å². The number of methoxy groups -OCH3 is 1. The third kappa shape index (κ3) is 3.76. The van der Waals surface area contributed by atoms with Crippen LogP contribution in [0.1, 0.15) is 12.8 Å². The molecule has 7 heteroatoms. The quantitative estimate of drug-likeness (QED) is 0.634. The van der Waals surface area contributed by atoms with Crippen LogP contribution in [0, 0.1) is 0 Å². The van der Waals surface area contributed by atoms with Gasteiger partial charge in [0.05, 0.1) is 12.8 Å². The lowest BCUT2D eigenvalue weighted by Crippen LogP contribution is -2.39. The SMILES string of the molecule is COC(=O)C1CCCN1CCOc1ccc(N)cc1-c1ccnn1C. The zero-order chi connectivity index (χ0) is 17.8. The number of hydrogen-bond acceptors (Lipinski definition) is 6. The van der Waals surface area contributed by atoms with E-state index in [1.807, 2.05) is 31.3 Å². The number of aromatic nitrogens is 2. The topological polar surface area (TPSA) is 82.6 Å². The summed E-state index contributed by atoms with van der Waals surface area (Å²) >= 11 is 0. The summed E-state index contributed by atoms with van der Waals surface area (Å²) in [5.74, 6) is 0.590. The summed E-state index contributed by atoms with van der Waals surface area (Å²) in [7, 11) is 3.32. The van der Waals surface area contributed by atoms with Crippen molar-refractivity contribution in [3.8, 4) is 17.0 Å². The lowest BCUT2D eigenvalue weighted by atomic mass is 10.1. The number of esters is 1. The maximum absolute atomic E-state index is 11.8. The molecule has 1 atom stereocenters. The Morgan fingerprint density at radius 1 is 1.40 bits per heavy atom. The fraction of sp³-hybridized carbons (Fsp3) is 0.444. The Balaban J connectivity index is 1.68. The van der Waals surface area contributed by atoms with E-state index in [9.17, 15) is 4.79 Å². The molecule has 2 heterocycles. The average Bonchev–Trinajstić information content (AvgIpc) is 3.24. The second-order valence-electron chi connectivity index (χ2n) is 6.16. The summed E-state index contributed by atoms with van der Waals surface area (Å²) in [5, 5.41) is 4.21. The van der Waals surface area contributed by atoms with E-state index in [2.05, 4.69) is 10.00 Å². The molecule has 0 amide bonds. The second-order valence-corrected chi connectivity index (χ2v) is 6.16. The molecule has 134 valence electrons. The molecular formula is C18H24N4O3. The number of rotatable bonds is 6. The van der Waals surface area contributed by atoms with Gasteiger partial charge in [0, 0.05) is 31.0 Å². The van der Waals surface area contributed by atoms with Crippen LogP contribution in [0.25, 0.3) is 11.3 Å². The molecule has 25 heavy (non-hydrogen) atoms. The van der Waals surface area contributed by atoms with Crippen LogP contribution in [0.3, 0.4) is 0 Å². The fourth-order valence-electron chi connectivity index (χ4n) is 3.28. The fourth-order valence-corrected chi connectivity index (χ4v) is 3.28. The van der Waals surface area contributed by atoms with Crippen molar-refractivity contribution in [3.63, 3.8) is 0 Å². The number of carbonyl (C=O) groups excluding carboxylic acids is 1. The van der Waals surface area contributed by atoms with Gasteiger partial charge in [0.25, 0.3) is 0 Å². The lowest BCUT2D eigenvalue weighted by Gasteiger charge is -2.22. The first kappa shape index (κ1) is 17.3. The minimum atomic E-state index is -0.166. The van der Waals surface area contributed by atoms with Crippen LogP contribution >= 0.6 is 0 Å². The Bertz CT molecular complexity index is 744. The molecule has 0 spiro atoms. The van der Waals surface area contributed by atoms with Crippen LogP contribution < -0.4 is 10.5 Å². The molecule has 1 aliphatic rings. The molecule has 1 fully saturated rings. The normalized spacial score (nSPS) is 17.6. The maximum atomic E-state index is 11.8. The van der Waals surface area contributed by atoms with Crippen molar-refractivity contribution in [3.05, 3.63) is 30.5 Å². The Labute approximate surface area is 147 Å². The number of likely N-dealkylation sites (tertiary alicyclic amines) is 1. The Kier molecular flexibility index (Phi) is 5.23. The molecule has 1 saturated heterocycles. The molecule has 1 aromatic heterocycles. The van der Waals surface area contributed by atoms with Gasteiger partial charge >= 0.3 is 5.97 Å². The number of aryl methyl sites for hydroxylation is 1. The number of nitrogens with two attached hydrogens (primary N) is 1. The van der Waals surface area contributed by atoms with E-state index in [1.54, 1.807) is 10.9 Å². The third-order valence-electron chi connectivity index (χ3n) is 4.57. The predicted octanol–water partition coefficient (Wildman–Crippen LogP) is 1.69. The molecule has 0 aliphatic carbocycles. The summed E-state index contributed by atoms with van der Waals surface area (Å²) in [6.45, 7) is 2.05. The van der Waals surface area contributed by atoms with Gasteiger partial charge in [0.1, 0.15) is 18.4 Å². The number of nitrogens with zero attached hydrogens (tertiary/aromatic N) is 3. The first-order chi connectivity index (χ1) is 12.1. The molecule has 2 N–H and O–H groups in total. The zero-order valence-electron chi connectivity index (χ0n) is 14.6. The minimum Gasteiger partial charge on any atom is -0.492 e. The Morgan fingerprint density at radius 2 is 2.24 bits per heavy atom. The van der Waals surface area contributed by atoms with Gasteiger partial charge in [-0.05, 0) is 43.7 Å². The van der Waals surface area contributed by atoms with Gasteiger partial charge in [-0.25, -0.2) is 0 Å². The van der Waals surface area contributed by atoms with Crippen LogP contribution in [0.5, 0.6) is 5.75 Å². The minimum absolute atomic E-state index is 0.156. The molecule has 0 bridgehead atoms. The number of nitrogen functional groups attached to an aromatic ring is 1. The molecule has 1 aliphatic heterocycles. The largest absolute Gasteiger partial charge is 0.492 e. The van der Waals surface area contributed by atoms with E-state index >= 15 is 0 Å². The number of carbonyl (C=O) groups is 1. The molecule has 7 nitrogen and oxygen atoms in total. The molecule has 2 aromatic rings. The first-order valence-corrected chi connectivity index (χ1v) is 8.42. The highest BCUT2D eigenvalue weighted by Crippen LogP contribution is 2.31. The second kappa shape index (κ2) is 7.57. The first-order valence-electron chi connectivity index (χ1n) is 8.42. The van der Waals surface area contributed by atoms with Crippen molar-refractivity contribution in [2.45, 2.75) is 18.9 Å². The summed E-state index contributed by atoms with van der Waals surface area (Å²) in [6, 6.07) is 7.35. The van der Waals surface area contributed by atoms with Gasteiger partial charge in [0.15, 0.2) is 0 Å². The van der Waals surface area contributed by atoms with E-state index in [4.69, 9.17) is 15.2 Å². The average molecular weight is 344 g/mol. The van der Waals surface area contributed by atoms with E-state index in [1.165, 1.54) is 7.11 Å². The van der Waals surface area contributed by atoms with Gasteiger partial charge in [-0.2, -0.15) is 5.10 Å². The van der Waals surface area contributed by atoms with Crippen LogP contribution in [0.2, 0.25) is 0 Å². The van der Waals surface area contributed by atoms with Crippen molar-refractivity contribution >= 4 is 11.7 Å². The van der Waals surface area contributed by atoms with Crippen molar-refractivity contribution in [1.29, 1.82) is 0 Å². The van der Waals surface area contributed by atoms with Gasteiger partial charge in [-0.1, -0.05) is 0 Å². The van der Waals surface area contributed by atoms with Gasteiger partial charge < -0.3 is 15.2 Å². The lowest BCUT2D eigenvalue weighted by molar-refractivity contribution is -0.145. The number of ether oxygens (including phenoxy) is 2. The highest BCUT2D eigenvalue weighted by Gasteiger charge is 2.31. The number of benzene rings is 1. The summed E-state index contributed by atoms with van der Waals surface area (Å²) in [4.78, 5) is 13.9. The van der Waals surface area contributed by atoms with Crippen molar-refractivity contribution in [2.24, 2.45) is 7.05 Å². The summed E-state index contributed by atoms with van der Waals surface area (Å²) in [6.07, 6.45) is 3.59. The van der Waals surface area contributed by atoms with E-state index < -0.39 is 0 Å². The van der Waals surface area contributed by atoms with E-state index in [0.29, 0.717) is 18.8 Å². The van der Waals surface area contributed by atoms with Crippen molar-refractivity contribution < 1.29 is 14.3 Å². The summed E-state index contributed by atoms with van der Waals surface area (Å²) < 4.78 is 12.7. The van der Waals surface area contributed by atoms with E-state index in [-0.39, 0.29) is 12.0 Å². The summed E-state index contributed by atoms with van der Waals surface area (Å²) in [5.41, 5.74) is 8.46. The van der Waals surface area contributed by atoms with Gasteiger partial charge in [-0.15, -0.1) is 0 Å². The maximum Gasteiger partial charge on any atom is 0.323 e. The monoisotopic (exact) mass is 344 g/mol. The molecule has 1 unspecified atom stereocenters. The number of anilines is 1. The highest BCUT2D eigenvalue weighted by atomic mass is 16.5. The highest BCUT2D eigenvalue weighted by molar-refractivity contribution is 5.76. The van der Waals surface area contributed by atoms with E-state index in [0.717, 1.165) is 36.4 Å². The molecular weight excluding hydrogens is 320 g/mol. The Hall–Kier alpha value is -2.54. The Morgan fingerprint density at radius 3 is 2.96 bits per heavy atom. The van der Waals surface area contributed by atoms with Gasteiger partial charge in [-0.3, -0.25) is 14.4 Å². The van der Waals surface area contributed by atoms with Gasteiger partial charge in [0.2, 0.25) is 0 Å². The standard InChI is InChI=1S/C18H24N4O3/c1-21-15(7-8-20-21)14-12-13(19)5-6-17(14)25-11-10-22-9-3-4-16(22)18(23)24-2/h5-8,12,16H,3-4,9-11,19H2,1-2H3. The van der Waals surface area contributed by atoms with Crippen molar-refractivity contribution in [2.75, 3.05) is 32.5 Å². The molecule has 1 aromatic carbocycles. The third-order valence-corrected chi connectivity index (χ3v) is 4.57. The zero-order valence-corrected chi connectivity index (χ0v) is 14.6. The molecule has 0 saturated carbocycles. The van der Waals surface area contributed by atoms with Crippen molar-refractivity contribution in [1.82, 2.24) is 14.7 Å². The predicted molar refractivity (Wildman–Crippen MR) is 95.2 cm³/mol. The van der Waals surface area contributed by atoms with Crippen LogP contribution in [-0.2, 0) is 16.6 Å². The van der Waals surface area contributed by atoms with Crippen LogP contribution in [0.4, 0.5) is 5.69 Å². The molecule has 3 rings (SSSR count). The number of hydrogen-bond donors (Lipinski definition) is 1. The molecule has 0 radical (unpaired) electrons.